The van der Waals surface area contributed by atoms with Gasteiger partial charge in [0.1, 0.15) is 11.4 Å². The van der Waals surface area contributed by atoms with Crippen LogP contribution >= 0.6 is 23.1 Å². The Bertz CT molecular complexity index is 855. The second-order valence-corrected chi connectivity index (χ2v) is 7.94. The Morgan fingerprint density at radius 3 is 2.96 bits per heavy atom. The maximum absolute atomic E-state index is 12.6. The molecule has 4 rings (SSSR count). The van der Waals surface area contributed by atoms with E-state index in [1.165, 1.54) is 11.3 Å². The van der Waals surface area contributed by atoms with Gasteiger partial charge in [-0.3, -0.25) is 14.4 Å². The smallest absolute Gasteiger partial charge is 0.256 e. The van der Waals surface area contributed by atoms with E-state index in [4.69, 9.17) is 0 Å². The predicted octanol–water partition coefficient (Wildman–Crippen LogP) is 1.86. The highest BCUT2D eigenvalue weighted by atomic mass is 32.2. The molecule has 1 aromatic heterocycles. The molecule has 7 nitrogen and oxygen atoms in total. The molecule has 2 aromatic rings. The summed E-state index contributed by atoms with van der Waals surface area (Å²) in [5.74, 6) is 0.0334. The van der Waals surface area contributed by atoms with Crippen LogP contribution in [0.2, 0.25) is 0 Å². The molecule has 134 valence electrons. The van der Waals surface area contributed by atoms with Gasteiger partial charge in [-0.05, 0) is 11.6 Å². The van der Waals surface area contributed by atoms with Crippen molar-refractivity contribution in [3.63, 3.8) is 0 Å². The highest BCUT2D eigenvalue weighted by molar-refractivity contribution is 7.99. The van der Waals surface area contributed by atoms with Crippen molar-refractivity contribution in [3.05, 3.63) is 47.0 Å². The van der Waals surface area contributed by atoms with Crippen LogP contribution in [0.15, 0.2) is 35.8 Å². The molecular formula is C17H16N4O3S2. The molecule has 0 radical (unpaired) electrons. The highest BCUT2D eigenvalue weighted by Crippen LogP contribution is 2.47. The van der Waals surface area contributed by atoms with Gasteiger partial charge < -0.3 is 15.5 Å². The fraction of sp³-hybridized carbons (Fsp3) is 0.294. The lowest BCUT2D eigenvalue weighted by Gasteiger charge is -2.22. The number of carbonyl (C=O) groups is 3. The molecule has 3 heterocycles. The summed E-state index contributed by atoms with van der Waals surface area (Å²) in [6.45, 7) is 0.219. The highest BCUT2D eigenvalue weighted by Gasteiger charge is 2.48. The number of fused-ring (bicyclic) bond motifs is 3. The molecule has 2 N–H and O–H groups in total. The number of anilines is 1. The van der Waals surface area contributed by atoms with Crippen LogP contribution in [0.1, 0.15) is 27.7 Å². The Hall–Kier alpha value is -2.39. The molecule has 1 saturated heterocycles. The zero-order valence-corrected chi connectivity index (χ0v) is 15.3. The number of nitrogens with one attached hydrogen (secondary N) is 2. The molecule has 2 aliphatic rings. The quantitative estimate of drug-likeness (QED) is 0.816. The van der Waals surface area contributed by atoms with Crippen molar-refractivity contribution >= 4 is 46.0 Å². The van der Waals surface area contributed by atoms with Crippen LogP contribution in [0.5, 0.6) is 0 Å². The first-order valence-corrected chi connectivity index (χ1v) is 10.1. The Kier molecular flexibility index (Phi) is 4.64. The van der Waals surface area contributed by atoms with Crippen LogP contribution in [0, 0.1) is 0 Å². The van der Waals surface area contributed by atoms with Crippen molar-refractivity contribution in [1.82, 2.24) is 15.2 Å². The number of nitrogens with zero attached hydrogens (tertiary/aromatic N) is 2. The second-order valence-electron chi connectivity index (χ2n) is 5.93. The molecule has 0 saturated carbocycles. The minimum Gasteiger partial charge on any atom is -0.354 e. The molecule has 2 unspecified atom stereocenters. The molecule has 0 aliphatic carbocycles. The maximum Gasteiger partial charge on any atom is 0.256 e. The van der Waals surface area contributed by atoms with E-state index in [-0.39, 0.29) is 36.1 Å². The van der Waals surface area contributed by atoms with E-state index in [0.29, 0.717) is 16.4 Å². The first-order valence-electron chi connectivity index (χ1n) is 8.15. The average Bonchev–Trinajstić information content (AvgIpc) is 3.34. The lowest BCUT2D eigenvalue weighted by Crippen LogP contribution is -2.46. The van der Waals surface area contributed by atoms with Gasteiger partial charge in [0, 0.05) is 35.9 Å². The third-order valence-corrected chi connectivity index (χ3v) is 6.32. The van der Waals surface area contributed by atoms with E-state index in [9.17, 15) is 14.4 Å². The average molecular weight is 388 g/mol. The maximum atomic E-state index is 12.6. The molecule has 1 aromatic carbocycles. The van der Waals surface area contributed by atoms with E-state index >= 15 is 0 Å². The van der Waals surface area contributed by atoms with Gasteiger partial charge in [0.05, 0.1) is 0 Å². The summed E-state index contributed by atoms with van der Waals surface area (Å²) in [6, 6.07) is 6.97. The number of amides is 3. The van der Waals surface area contributed by atoms with Crippen molar-refractivity contribution in [2.24, 2.45) is 0 Å². The van der Waals surface area contributed by atoms with E-state index in [0.717, 1.165) is 5.56 Å². The Morgan fingerprint density at radius 1 is 1.31 bits per heavy atom. The standard InChI is InChI=1S/C17H16N4O3S2/c22-13(20-17-19-7-8-25-17)5-6-18-14(23)12-9-26-16-11-4-2-1-3-10(11)15(24)21(12)16/h1-4,7-8,12,16H,5-6,9H2,(H,18,23)(H,19,20,22). The molecule has 0 spiro atoms. The largest absolute Gasteiger partial charge is 0.354 e. The SMILES string of the molecule is O=C(CCNC(=O)C1CSC2c3ccccc3C(=O)N12)Nc1nccs1. The van der Waals surface area contributed by atoms with Crippen LogP contribution in [0.3, 0.4) is 0 Å². The number of hydrogen-bond donors (Lipinski definition) is 2. The van der Waals surface area contributed by atoms with E-state index < -0.39 is 6.04 Å². The second kappa shape index (κ2) is 7.08. The molecule has 2 aliphatic heterocycles. The normalized spacial score (nSPS) is 20.6. The zero-order chi connectivity index (χ0) is 18.1. The molecule has 26 heavy (non-hydrogen) atoms. The summed E-state index contributed by atoms with van der Waals surface area (Å²) in [4.78, 5) is 42.6. The Labute approximate surface area is 158 Å². The van der Waals surface area contributed by atoms with Gasteiger partial charge >= 0.3 is 0 Å². The first-order chi connectivity index (χ1) is 12.6. The fourth-order valence-corrected chi connectivity index (χ4v) is 5.14. The number of benzene rings is 1. The van der Waals surface area contributed by atoms with Crippen molar-refractivity contribution in [3.8, 4) is 0 Å². The summed E-state index contributed by atoms with van der Waals surface area (Å²) >= 11 is 2.94. The number of aromatic nitrogens is 1. The van der Waals surface area contributed by atoms with Gasteiger partial charge in [0.2, 0.25) is 11.8 Å². The van der Waals surface area contributed by atoms with E-state index in [2.05, 4.69) is 15.6 Å². The summed E-state index contributed by atoms with van der Waals surface area (Å²) in [5.41, 5.74) is 1.64. The number of hydrogen-bond acceptors (Lipinski definition) is 6. The number of thiazole rings is 1. The van der Waals surface area contributed by atoms with Crippen LogP contribution in [-0.2, 0) is 9.59 Å². The van der Waals surface area contributed by atoms with E-state index in [1.807, 2.05) is 18.2 Å². The van der Waals surface area contributed by atoms with Gasteiger partial charge in [-0.15, -0.1) is 23.1 Å². The van der Waals surface area contributed by atoms with E-state index in [1.54, 1.807) is 34.3 Å². The summed E-state index contributed by atoms with van der Waals surface area (Å²) in [6.07, 6.45) is 1.77. The van der Waals surface area contributed by atoms with Crippen LogP contribution in [0.25, 0.3) is 0 Å². The molecule has 1 fully saturated rings. The lowest BCUT2D eigenvalue weighted by atomic mass is 10.1. The number of carbonyl (C=O) groups excluding carboxylic acids is 3. The van der Waals surface area contributed by atoms with Gasteiger partial charge in [0.15, 0.2) is 5.13 Å². The number of thioether (sulfide) groups is 1. The Balaban J connectivity index is 1.32. The monoisotopic (exact) mass is 388 g/mol. The summed E-state index contributed by atoms with van der Waals surface area (Å²) in [7, 11) is 0. The van der Waals surface area contributed by atoms with Gasteiger partial charge in [-0.2, -0.15) is 0 Å². The first kappa shape index (κ1) is 17.0. The lowest BCUT2D eigenvalue weighted by molar-refractivity contribution is -0.124. The van der Waals surface area contributed by atoms with Crippen LogP contribution in [0.4, 0.5) is 5.13 Å². The van der Waals surface area contributed by atoms with Crippen molar-refractivity contribution < 1.29 is 14.4 Å². The third-order valence-electron chi connectivity index (χ3n) is 4.32. The topological polar surface area (TPSA) is 91.4 Å². The predicted molar refractivity (Wildman–Crippen MR) is 100.0 cm³/mol. The van der Waals surface area contributed by atoms with Gasteiger partial charge in [-0.1, -0.05) is 18.2 Å². The fourth-order valence-electron chi connectivity index (χ4n) is 3.13. The molecule has 3 amide bonds. The van der Waals surface area contributed by atoms with Crippen LogP contribution < -0.4 is 10.6 Å². The molecular weight excluding hydrogens is 372 g/mol. The molecule has 9 heteroatoms. The third kappa shape index (κ3) is 3.08. The zero-order valence-electron chi connectivity index (χ0n) is 13.7. The van der Waals surface area contributed by atoms with Crippen molar-refractivity contribution in [2.45, 2.75) is 17.8 Å². The summed E-state index contributed by atoms with van der Waals surface area (Å²) in [5, 5.41) is 7.66. The summed E-state index contributed by atoms with van der Waals surface area (Å²) < 4.78 is 0. The van der Waals surface area contributed by atoms with Crippen molar-refractivity contribution in [2.75, 3.05) is 17.6 Å². The number of rotatable bonds is 5. The van der Waals surface area contributed by atoms with Crippen molar-refractivity contribution in [1.29, 1.82) is 0 Å². The molecule has 0 bridgehead atoms. The molecule has 2 atom stereocenters. The minimum absolute atomic E-state index is 0.0948. The van der Waals surface area contributed by atoms with Crippen LogP contribution in [-0.4, -0.2) is 45.9 Å². The van der Waals surface area contributed by atoms with Gasteiger partial charge in [-0.25, -0.2) is 4.98 Å². The minimum atomic E-state index is -0.507. The Morgan fingerprint density at radius 2 is 2.15 bits per heavy atom. The van der Waals surface area contributed by atoms with Gasteiger partial charge in [0.25, 0.3) is 5.91 Å².